The van der Waals surface area contributed by atoms with Gasteiger partial charge in [0.1, 0.15) is 5.75 Å². The molecule has 0 aromatic heterocycles. The lowest BCUT2D eigenvalue weighted by atomic mass is 10.2. The lowest BCUT2D eigenvalue weighted by Crippen LogP contribution is -2.14. The molecule has 4 N–H and O–H groups in total. The number of aromatic hydroxyl groups is 1. The van der Waals surface area contributed by atoms with E-state index >= 15 is 0 Å². The Labute approximate surface area is 129 Å². The highest BCUT2D eigenvalue weighted by molar-refractivity contribution is 9.10. The molecular weight excluding hydrogens is 360 g/mol. The van der Waals surface area contributed by atoms with Crippen LogP contribution in [0.15, 0.2) is 51.8 Å². The van der Waals surface area contributed by atoms with Crippen molar-refractivity contribution in [2.45, 2.75) is 4.90 Å². The highest BCUT2D eigenvalue weighted by Gasteiger charge is 2.12. The monoisotopic (exact) mass is 370 g/mol. The number of amides is 1. The summed E-state index contributed by atoms with van der Waals surface area (Å²) in [7, 11) is -3.77. The molecule has 0 atom stereocenters. The van der Waals surface area contributed by atoms with Gasteiger partial charge in [-0.05, 0) is 42.5 Å². The molecule has 1 amide bonds. The van der Waals surface area contributed by atoms with Gasteiger partial charge >= 0.3 is 0 Å². The van der Waals surface area contributed by atoms with E-state index in [0.717, 1.165) is 0 Å². The summed E-state index contributed by atoms with van der Waals surface area (Å²) in [6.07, 6.45) is 0. The van der Waals surface area contributed by atoms with E-state index in [1.54, 1.807) is 6.07 Å². The van der Waals surface area contributed by atoms with Crippen LogP contribution >= 0.6 is 15.9 Å². The van der Waals surface area contributed by atoms with Crippen LogP contribution in [0, 0.1) is 0 Å². The maximum absolute atomic E-state index is 12.0. The summed E-state index contributed by atoms with van der Waals surface area (Å²) < 4.78 is 22.9. The van der Waals surface area contributed by atoms with Crippen molar-refractivity contribution in [3.63, 3.8) is 0 Å². The van der Waals surface area contributed by atoms with Gasteiger partial charge in [-0.3, -0.25) is 4.79 Å². The van der Waals surface area contributed by atoms with Gasteiger partial charge in [-0.25, -0.2) is 13.6 Å². The van der Waals surface area contributed by atoms with E-state index in [4.69, 9.17) is 5.14 Å². The molecule has 21 heavy (non-hydrogen) atoms. The number of nitrogens with two attached hydrogens (primary N) is 1. The first-order valence-corrected chi connectivity index (χ1v) is 8.04. The minimum atomic E-state index is -3.77. The van der Waals surface area contributed by atoms with Gasteiger partial charge in [0.25, 0.3) is 5.91 Å². The number of phenolic OH excluding ortho intramolecular Hbond substituents is 1. The number of phenols is 1. The summed E-state index contributed by atoms with van der Waals surface area (Å²) in [4.78, 5) is 11.9. The Hall–Kier alpha value is -1.90. The molecule has 8 heteroatoms. The smallest absolute Gasteiger partial charge is 0.259 e. The van der Waals surface area contributed by atoms with Gasteiger partial charge in [0, 0.05) is 10.2 Å². The van der Waals surface area contributed by atoms with E-state index in [9.17, 15) is 18.3 Å². The number of benzene rings is 2. The van der Waals surface area contributed by atoms with Crippen LogP contribution in [0.4, 0.5) is 5.69 Å². The van der Waals surface area contributed by atoms with E-state index in [1.165, 1.54) is 36.4 Å². The molecule has 0 saturated carbocycles. The van der Waals surface area contributed by atoms with E-state index in [-0.39, 0.29) is 16.2 Å². The molecule has 0 heterocycles. The molecule has 0 saturated heterocycles. The number of nitrogens with one attached hydrogen (secondary N) is 1. The number of rotatable bonds is 3. The van der Waals surface area contributed by atoms with E-state index in [1.807, 2.05) is 0 Å². The summed E-state index contributed by atoms with van der Waals surface area (Å²) >= 11 is 3.18. The van der Waals surface area contributed by atoms with Crippen LogP contribution in [0.5, 0.6) is 5.75 Å². The molecule has 0 radical (unpaired) electrons. The largest absolute Gasteiger partial charge is 0.507 e. The standard InChI is InChI=1S/C13H11BrN2O4S/c14-8-1-6-11(12(17)7-8)13(18)16-9-2-4-10(5-3-9)21(15,19)20/h1-7,17H,(H,16,18)(H2,15,19,20). The molecule has 0 aliphatic heterocycles. The highest BCUT2D eigenvalue weighted by atomic mass is 79.9. The highest BCUT2D eigenvalue weighted by Crippen LogP contribution is 2.23. The second-order valence-corrected chi connectivity index (χ2v) is 6.66. The number of primary sulfonamides is 1. The van der Waals surface area contributed by atoms with Gasteiger partial charge in [0.2, 0.25) is 10.0 Å². The van der Waals surface area contributed by atoms with Gasteiger partial charge in [0.15, 0.2) is 0 Å². The Morgan fingerprint density at radius 1 is 1.14 bits per heavy atom. The van der Waals surface area contributed by atoms with Crippen LogP contribution in [0.25, 0.3) is 0 Å². The van der Waals surface area contributed by atoms with Crippen molar-refractivity contribution < 1.29 is 18.3 Å². The molecule has 0 fully saturated rings. The summed E-state index contributed by atoms with van der Waals surface area (Å²) in [5, 5.41) is 17.2. The van der Waals surface area contributed by atoms with Crippen LogP contribution in [-0.2, 0) is 10.0 Å². The maximum Gasteiger partial charge on any atom is 0.259 e. The fraction of sp³-hybridized carbons (Fsp3) is 0. The van der Waals surface area contributed by atoms with Crippen LogP contribution in [-0.4, -0.2) is 19.4 Å². The molecule has 0 bridgehead atoms. The van der Waals surface area contributed by atoms with Crippen molar-refractivity contribution in [1.29, 1.82) is 0 Å². The SMILES string of the molecule is NS(=O)(=O)c1ccc(NC(=O)c2ccc(Br)cc2O)cc1. The van der Waals surface area contributed by atoms with Crippen molar-refractivity contribution in [2.75, 3.05) is 5.32 Å². The van der Waals surface area contributed by atoms with Crippen molar-refractivity contribution in [3.8, 4) is 5.75 Å². The maximum atomic E-state index is 12.0. The summed E-state index contributed by atoms with van der Waals surface area (Å²) in [6, 6.07) is 9.88. The fourth-order valence-electron chi connectivity index (χ4n) is 1.62. The average Bonchev–Trinajstić information content (AvgIpc) is 2.38. The Bertz CT molecular complexity index is 788. The van der Waals surface area contributed by atoms with Crippen LogP contribution in [0.2, 0.25) is 0 Å². The third-order valence-electron chi connectivity index (χ3n) is 2.65. The lowest BCUT2D eigenvalue weighted by Gasteiger charge is -2.07. The quantitative estimate of drug-likeness (QED) is 0.767. The number of anilines is 1. The van der Waals surface area contributed by atoms with Gasteiger partial charge in [0.05, 0.1) is 10.5 Å². The van der Waals surface area contributed by atoms with Crippen LogP contribution < -0.4 is 10.5 Å². The molecule has 2 rings (SSSR count). The first-order chi connectivity index (χ1) is 9.77. The average molecular weight is 371 g/mol. The van der Waals surface area contributed by atoms with Gasteiger partial charge in [-0.15, -0.1) is 0 Å². The molecule has 110 valence electrons. The number of hydrogen-bond acceptors (Lipinski definition) is 4. The van der Waals surface area contributed by atoms with Crippen molar-refractivity contribution in [2.24, 2.45) is 5.14 Å². The molecule has 0 unspecified atom stereocenters. The van der Waals surface area contributed by atoms with Crippen LogP contribution in [0.1, 0.15) is 10.4 Å². The number of hydrogen-bond donors (Lipinski definition) is 3. The molecule has 2 aromatic carbocycles. The Balaban J connectivity index is 2.20. The topological polar surface area (TPSA) is 109 Å². The Morgan fingerprint density at radius 2 is 1.76 bits per heavy atom. The zero-order valence-corrected chi connectivity index (χ0v) is 13.0. The molecule has 0 spiro atoms. The number of carbonyl (C=O) groups is 1. The number of halogens is 1. The predicted octanol–water partition coefficient (Wildman–Crippen LogP) is 2.05. The second kappa shape index (κ2) is 5.84. The third-order valence-corrected chi connectivity index (χ3v) is 4.07. The van der Waals surface area contributed by atoms with Gasteiger partial charge in [-0.1, -0.05) is 15.9 Å². The van der Waals surface area contributed by atoms with E-state index < -0.39 is 15.9 Å². The van der Waals surface area contributed by atoms with Crippen molar-refractivity contribution >= 4 is 37.5 Å². The molecule has 6 nitrogen and oxygen atoms in total. The lowest BCUT2D eigenvalue weighted by molar-refractivity contribution is 0.102. The van der Waals surface area contributed by atoms with Crippen LogP contribution in [0.3, 0.4) is 0 Å². The minimum absolute atomic E-state index is 0.0491. The summed E-state index contributed by atoms with van der Waals surface area (Å²) in [5.41, 5.74) is 0.489. The van der Waals surface area contributed by atoms with Crippen molar-refractivity contribution in [1.82, 2.24) is 0 Å². The normalized spacial score (nSPS) is 11.1. The zero-order chi connectivity index (χ0) is 15.6. The predicted molar refractivity (Wildman–Crippen MR) is 81.6 cm³/mol. The molecule has 2 aromatic rings. The van der Waals surface area contributed by atoms with E-state index in [0.29, 0.717) is 10.2 Å². The van der Waals surface area contributed by atoms with Gasteiger partial charge < -0.3 is 10.4 Å². The number of carbonyl (C=O) groups excluding carboxylic acids is 1. The zero-order valence-electron chi connectivity index (χ0n) is 10.6. The minimum Gasteiger partial charge on any atom is -0.507 e. The summed E-state index contributed by atoms with van der Waals surface area (Å²) in [5.74, 6) is -0.675. The molecule has 0 aliphatic carbocycles. The van der Waals surface area contributed by atoms with Crippen molar-refractivity contribution in [3.05, 3.63) is 52.5 Å². The summed E-state index contributed by atoms with van der Waals surface area (Å²) in [6.45, 7) is 0. The fourth-order valence-corrected chi connectivity index (χ4v) is 2.49. The Kier molecular flexibility index (Phi) is 4.31. The molecular formula is C13H11BrN2O4S. The first-order valence-electron chi connectivity index (χ1n) is 5.70. The van der Waals surface area contributed by atoms with Gasteiger partial charge in [-0.2, -0.15) is 0 Å². The third kappa shape index (κ3) is 3.81. The second-order valence-electron chi connectivity index (χ2n) is 4.18. The first kappa shape index (κ1) is 15.5. The molecule has 0 aliphatic rings. The van der Waals surface area contributed by atoms with E-state index in [2.05, 4.69) is 21.2 Å². The Morgan fingerprint density at radius 3 is 2.29 bits per heavy atom. The number of sulfonamides is 1.